The Morgan fingerprint density at radius 2 is 1.77 bits per heavy atom. The molecule has 4 atom stereocenters. The van der Waals surface area contributed by atoms with Crippen LogP contribution in [0.1, 0.15) is 37.3 Å². The van der Waals surface area contributed by atoms with Crippen LogP contribution in [0.5, 0.6) is 5.75 Å². The highest BCUT2D eigenvalue weighted by molar-refractivity contribution is 6.26. The standard InChI is InChI=1S/C30H25F3N2O4/c1-28-11-12-29(39-28,13-14-38-20-6-4-5-18(15-20)16-30(31,32)33)25-24(28)26(36)35(27(25)37)23-10-9-19(17-34)21-7-2-3-8-22(21)23/h2-10,15,24-25H,11-14,16H2,1H3/t24-,25+,28-,29-/m1/s1. The number of nitriles is 1. The molecule has 3 aliphatic heterocycles. The first-order valence-electron chi connectivity index (χ1n) is 12.8. The van der Waals surface area contributed by atoms with Crippen molar-refractivity contribution in [2.75, 3.05) is 11.5 Å². The number of anilines is 1. The third-order valence-corrected chi connectivity index (χ3v) is 8.37. The molecule has 3 aromatic carbocycles. The van der Waals surface area contributed by atoms with Crippen LogP contribution in [0.3, 0.4) is 0 Å². The Morgan fingerprint density at radius 1 is 1.03 bits per heavy atom. The number of benzene rings is 3. The van der Waals surface area contributed by atoms with Gasteiger partial charge in [-0.3, -0.25) is 9.59 Å². The number of alkyl halides is 3. The van der Waals surface area contributed by atoms with Crippen LogP contribution >= 0.6 is 0 Å². The molecule has 0 aromatic heterocycles. The fourth-order valence-corrected chi connectivity index (χ4v) is 6.74. The molecular formula is C30H25F3N2O4. The second-order valence-corrected chi connectivity index (χ2v) is 10.8. The van der Waals surface area contributed by atoms with Crippen molar-refractivity contribution in [2.24, 2.45) is 11.8 Å². The summed E-state index contributed by atoms with van der Waals surface area (Å²) in [4.78, 5) is 29.0. The van der Waals surface area contributed by atoms with Crippen molar-refractivity contribution in [3.63, 3.8) is 0 Å². The van der Waals surface area contributed by atoms with Gasteiger partial charge in [-0.25, -0.2) is 4.90 Å². The van der Waals surface area contributed by atoms with Gasteiger partial charge < -0.3 is 9.47 Å². The highest BCUT2D eigenvalue weighted by atomic mass is 19.4. The monoisotopic (exact) mass is 534 g/mol. The molecule has 3 fully saturated rings. The molecule has 0 aliphatic carbocycles. The summed E-state index contributed by atoms with van der Waals surface area (Å²) in [5, 5.41) is 10.8. The predicted octanol–water partition coefficient (Wildman–Crippen LogP) is 5.71. The van der Waals surface area contributed by atoms with Crippen molar-refractivity contribution in [1.82, 2.24) is 0 Å². The SMILES string of the molecule is C[C@]12CC[C@](CCOc3cccc(CC(F)(F)F)c3)(O1)[C@@H]1C(=O)N(c3ccc(C#N)c4ccccc34)C(=O)[C@@H]12. The summed E-state index contributed by atoms with van der Waals surface area (Å²) in [5.74, 6) is -1.69. The van der Waals surface area contributed by atoms with Crippen LogP contribution in [0.15, 0.2) is 60.7 Å². The number of hydrogen-bond acceptors (Lipinski definition) is 5. The van der Waals surface area contributed by atoms with Gasteiger partial charge in [0.05, 0.1) is 53.4 Å². The lowest BCUT2D eigenvalue weighted by atomic mass is 9.67. The van der Waals surface area contributed by atoms with Crippen LogP contribution in [0.4, 0.5) is 18.9 Å². The normalized spacial score (nSPS) is 27.7. The lowest BCUT2D eigenvalue weighted by Crippen LogP contribution is -2.43. The van der Waals surface area contributed by atoms with Crippen molar-refractivity contribution in [1.29, 1.82) is 5.26 Å². The minimum atomic E-state index is -4.32. The average Bonchev–Trinajstić information content (AvgIpc) is 3.47. The fraction of sp³-hybridized carbons (Fsp3) is 0.367. The highest BCUT2D eigenvalue weighted by Gasteiger charge is 2.73. The van der Waals surface area contributed by atoms with E-state index in [-0.39, 0.29) is 24.0 Å². The van der Waals surface area contributed by atoms with E-state index in [1.54, 1.807) is 42.5 Å². The number of hydrogen-bond donors (Lipinski definition) is 0. The zero-order chi connectivity index (χ0) is 27.6. The Labute approximate surface area is 222 Å². The van der Waals surface area contributed by atoms with Gasteiger partial charge in [-0.2, -0.15) is 18.4 Å². The molecule has 6 nitrogen and oxygen atoms in total. The number of amides is 2. The van der Waals surface area contributed by atoms with E-state index in [2.05, 4.69) is 6.07 Å². The number of nitrogens with zero attached hydrogens (tertiary/aromatic N) is 2. The lowest BCUT2D eigenvalue weighted by Gasteiger charge is -2.31. The maximum Gasteiger partial charge on any atom is 0.393 e. The van der Waals surface area contributed by atoms with Crippen LogP contribution in [0.25, 0.3) is 10.8 Å². The summed E-state index contributed by atoms with van der Waals surface area (Å²) in [5.41, 5.74) is -0.707. The van der Waals surface area contributed by atoms with Crippen molar-refractivity contribution >= 4 is 28.3 Å². The third-order valence-electron chi connectivity index (χ3n) is 8.37. The van der Waals surface area contributed by atoms with Gasteiger partial charge in [-0.1, -0.05) is 36.4 Å². The molecule has 2 amide bonds. The number of carbonyl (C=O) groups excluding carboxylic acids is 2. The number of imide groups is 1. The van der Waals surface area contributed by atoms with E-state index in [1.165, 1.54) is 23.1 Å². The zero-order valence-electron chi connectivity index (χ0n) is 21.1. The molecule has 3 aliphatic rings. The van der Waals surface area contributed by atoms with E-state index in [1.807, 2.05) is 6.92 Å². The van der Waals surface area contributed by atoms with Gasteiger partial charge in [-0.05, 0) is 49.6 Å². The Morgan fingerprint density at radius 3 is 2.51 bits per heavy atom. The predicted molar refractivity (Wildman–Crippen MR) is 136 cm³/mol. The molecule has 3 heterocycles. The largest absolute Gasteiger partial charge is 0.493 e. The van der Waals surface area contributed by atoms with Gasteiger partial charge in [0.2, 0.25) is 11.8 Å². The molecule has 0 spiro atoms. The zero-order valence-corrected chi connectivity index (χ0v) is 21.1. The number of rotatable bonds is 6. The lowest BCUT2D eigenvalue weighted by molar-refractivity contribution is -0.131. The van der Waals surface area contributed by atoms with Crippen LogP contribution in [-0.2, 0) is 20.7 Å². The Bertz CT molecular complexity index is 1550. The number of halogens is 3. The summed E-state index contributed by atoms with van der Waals surface area (Å²) >= 11 is 0. The molecule has 39 heavy (non-hydrogen) atoms. The first kappa shape index (κ1) is 25.4. The van der Waals surface area contributed by atoms with Crippen LogP contribution < -0.4 is 9.64 Å². The van der Waals surface area contributed by atoms with Gasteiger partial charge in [0.25, 0.3) is 0 Å². The molecule has 3 aromatic rings. The minimum absolute atomic E-state index is 0.102. The Kier molecular flexibility index (Phi) is 5.74. The first-order chi connectivity index (χ1) is 18.6. The summed E-state index contributed by atoms with van der Waals surface area (Å²) in [6.45, 7) is 1.99. The third kappa shape index (κ3) is 4.05. The Hall–Kier alpha value is -3.90. The Balaban J connectivity index is 1.27. The summed E-state index contributed by atoms with van der Waals surface area (Å²) in [6, 6.07) is 18.5. The average molecular weight is 535 g/mol. The number of fused-ring (bicyclic) bond motifs is 6. The van der Waals surface area contributed by atoms with Gasteiger partial charge in [0.1, 0.15) is 5.75 Å². The van der Waals surface area contributed by atoms with Gasteiger partial charge in [-0.15, -0.1) is 0 Å². The van der Waals surface area contributed by atoms with Gasteiger partial charge in [0, 0.05) is 17.2 Å². The summed E-state index contributed by atoms with van der Waals surface area (Å²) in [7, 11) is 0. The first-order valence-corrected chi connectivity index (χ1v) is 12.8. The molecule has 0 N–H and O–H groups in total. The van der Waals surface area contributed by atoms with Gasteiger partial charge in [0.15, 0.2) is 0 Å². The van der Waals surface area contributed by atoms with Crippen LogP contribution in [0, 0.1) is 23.2 Å². The molecule has 0 saturated carbocycles. The van der Waals surface area contributed by atoms with E-state index in [4.69, 9.17) is 9.47 Å². The van der Waals surface area contributed by atoms with E-state index in [0.717, 1.165) is 0 Å². The smallest absolute Gasteiger partial charge is 0.393 e. The van der Waals surface area contributed by atoms with E-state index >= 15 is 0 Å². The van der Waals surface area contributed by atoms with E-state index in [0.29, 0.717) is 47.0 Å². The summed E-state index contributed by atoms with van der Waals surface area (Å²) < 4.78 is 50.7. The minimum Gasteiger partial charge on any atom is -0.493 e. The van der Waals surface area contributed by atoms with E-state index in [9.17, 15) is 28.0 Å². The molecule has 3 saturated heterocycles. The van der Waals surface area contributed by atoms with Crippen molar-refractivity contribution in [3.8, 4) is 11.8 Å². The van der Waals surface area contributed by atoms with Gasteiger partial charge >= 0.3 is 6.18 Å². The maximum atomic E-state index is 14.0. The summed E-state index contributed by atoms with van der Waals surface area (Å²) in [6.07, 6.45) is -3.87. The molecule has 200 valence electrons. The molecule has 2 bridgehead atoms. The van der Waals surface area contributed by atoms with Crippen LogP contribution in [-0.4, -0.2) is 35.8 Å². The van der Waals surface area contributed by atoms with Crippen molar-refractivity contribution in [3.05, 3.63) is 71.8 Å². The van der Waals surface area contributed by atoms with E-state index < -0.39 is 35.6 Å². The quantitative estimate of drug-likeness (QED) is 0.379. The number of carbonyl (C=O) groups is 2. The van der Waals surface area contributed by atoms with Crippen molar-refractivity contribution in [2.45, 2.75) is 50.0 Å². The highest BCUT2D eigenvalue weighted by Crippen LogP contribution is 2.62. The van der Waals surface area contributed by atoms with Crippen LogP contribution in [0.2, 0.25) is 0 Å². The molecule has 6 rings (SSSR count). The fourth-order valence-electron chi connectivity index (χ4n) is 6.74. The second-order valence-electron chi connectivity index (χ2n) is 10.8. The molecule has 0 unspecified atom stereocenters. The maximum absolute atomic E-state index is 14.0. The molecule has 0 radical (unpaired) electrons. The second kappa shape index (κ2) is 8.82. The topological polar surface area (TPSA) is 79.6 Å². The van der Waals surface area contributed by atoms with Crippen molar-refractivity contribution < 1.29 is 32.2 Å². The molecular weight excluding hydrogens is 509 g/mol. The number of ether oxygens (including phenoxy) is 2. The molecule has 9 heteroatoms.